The third kappa shape index (κ3) is 4.91. The van der Waals surface area contributed by atoms with Crippen LogP contribution in [0.2, 0.25) is 0 Å². The largest absolute Gasteiger partial charge is 0.317 e. The number of rotatable bonds is 7. The third-order valence-electron chi connectivity index (χ3n) is 3.29. The van der Waals surface area contributed by atoms with Crippen LogP contribution in [0.25, 0.3) is 0 Å². The maximum Gasteiger partial charge on any atom is 0.0532 e. The number of benzene rings is 1. The first-order chi connectivity index (χ1) is 8.54. The summed E-state index contributed by atoms with van der Waals surface area (Å²) in [6.07, 6.45) is 3.32. The minimum Gasteiger partial charge on any atom is -0.317 e. The molecule has 0 radical (unpaired) electrons. The van der Waals surface area contributed by atoms with E-state index in [1.807, 2.05) is 26.1 Å². The summed E-state index contributed by atoms with van der Waals surface area (Å²) in [5, 5.41) is 3.22. The summed E-state index contributed by atoms with van der Waals surface area (Å²) < 4.78 is 12.2. The zero-order valence-electron chi connectivity index (χ0n) is 12.0. The van der Waals surface area contributed by atoms with Crippen LogP contribution < -0.4 is 5.32 Å². The molecule has 1 rings (SSSR count). The molecule has 0 bridgehead atoms. The van der Waals surface area contributed by atoms with Crippen molar-refractivity contribution in [2.24, 2.45) is 0 Å². The van der Waals surface area contributed by atoms with Crippen molar-refractivity contribution in [3.63, 3.8) is 0 Å². The molecular formula is C15H25NOS. The van der Waals surface area contributed by atoms with Crippen LogP contribution in [-0.2, 0) is 10.8 Å². The predicted molar refractivity (Wildman–Crippen MR) is 79.6 cm³/mol. The van der Waals surface area contributed by atoms with E-state index in [1.54, 1.807) is 0 Å². The van der Waals surface area contributed by atoms with Crippen molar-refractivity contribution in [1.82, 2.24) is 5.32 Å². The average Bonchev–Trinajstić information content (AvgIpc) is 2.34. The molecule has 2 atom stereocenters. The Morgan fingerprint density at radius 2 is 2.00 bits per heavy atom. The maximum absolute atomic E-state index is 12.2. The van der Waals surface area contributed by atoms with Crippen molar-refractivity contribution in [3.8, 4) is 0 Å². The lowest BCUT2D eigenvalue weighted by atomic mass is 10.1. The molecule has 0 heterocycles. The molecule has 0 aliphatic carbocycles. The molecule has 3 heteroatoms. The highest BCUT2D eigenvalue weighted by atomic mass is 32.2. The molecule has 0 spiro atoms. The van der Waals surface area contributed by atoms with Crippen molar-refractivity contribution in [2.45, 2.75) is 51.0 Å². The van der Waals surface area contributed by atoms with Gasteiger partial charge in [0.25, 0.3) is 0 Å². The molecule has 1 aromatic carbocycles. The quantitative estimate of drug-likeness (QED) is 0.769. The van der Waals surface area contributed by atoms with Crippen molar-refractivity contribution in [1.29, 1.82) is 0 Å². The Morgan fingerprint density at radius 1 is 1.28 bits per heavy atom. The fraction of sp³-hybridized carbons (Fsp3) is 0.600. The van der Waals surface area contributed by atoms with E-state index in [9.17, 15) is 4.21 Å². The standard InChI is InChI=1S/C15H25NOS/c1-12-8-9-15(13(2)11-12)18(17)10-6-5-7-14(3)16-4/h8-9,11,14,16H,5-7,10H2,1-4H3. The van der Waals surface area contributed by atoms with E-state index < -0.39 is 10.8 Å². The lowest BCUT2D eigenvalue weighted by molar-refractivity contribution is 0.537. The van der Waals surface area contributed by atoms with Crippen LogP contribution in [0.5, 0.6) is 0 Å². The maximum atomic E-state index is 12.2. The monoisotopic (exact) mass is 267 g/mol. The van der Waals surface area contributed by atoms with Gasteiger partial charge in [-0.1, -0.05) is 24.1 Å². The minimum atomic E-state index is -0.840. The van der Waals surface area contributed by atoms with E-state index in [2.05, 4.69) is 25.2 Å². The van der Waals surface area contributed by atoms with Gasteiger partial charge in [-0.05, 0) is 52.3 Å². The van der Waals surface area contributed by atoms with Gasteiger partial charge in [0, 0.05) is 16.7 Å². The summed E-state index contributed by atoms with van der Waals surface area (Å²) in [6, 6.07) is 6.72. The van der Waals surface area contributed by atoms with Crippen LogP contribution in [0, 0.1) is 13.8 Å². The zero-order valence-corrected chi connectivity index (χ0v) is 12.8. The van der Waals surface area contributed by atoms with Crippen molar-refractivity contribution < 1.29 is 4.21 Å². The lowest BCUT2D eigenvalue weighted by Crippen LogP contribution is -2.20. The van der Waals surface area contributed by atoms with Gasteiger partial charge in [-0.2, -0.15) is 0 Å². The molecule has 18 heavy (non-hydrogen) atoms. The Hall–Kier alpha value is -0.670. The molecule has 1 aromatic rings. The summed E-state index contributed by atoms with van der Waals surface area (Å²) in [4.78, 5) is 1.00. The highest BCUT2D eigenvalue weighted by molar-refractivity contribution is 7.85. The molecule has 0 aromatic heterocycles. The number of aryl methyl sites for hydroxylation is 2. The van der Waals surface area contributed by atoms with Crippen LogP contribution in [0.3, 0.4) is 0 Å². The van der Waals surface area contributed by atoms with Crippen LogP contribution in [0.4, 0.5) is 0 Å². The van der Waals surface area contributed by atoms with Gasteiger partial charge >= 0.3 is 0 Å². The molecule has 0 saturated carbocycles. The zero-order chi connectivity index (χ0) is 13.5. The molecular weight excluding hydrogens is 242 g/mol. The first kappa shape index (κ1) is 15.4. The third-order valence-corrected chi connectivity index (χ3v) is 4.89. The van der Waals surface area contributed by atoms with Crippen molar-refractivity contribution in [3.05, 3.63) is 29.3 Å². The molecule has 102 valence electrons. The fourth-order valence-corrected chi connectivity index (χ4v) is 3.32. The summed E-state index contributed by atoms with van der Waals surface area (Å²) in [6.45, 7) is 6.29. The Labute approximate surface area is 114 Å². The van der Waals surface area contributed by atoms with Gasteiger partial charge in [-0.15, -0.1) is 0 Å². The topological polar surface area (TPSA) is 29.1 Å². The number of hydrogen-bond donors (Lipinski definition) is 1. The summed E-state index contributed by atoms with van der Waals surface area (Å²) in [7, 11) is 1.14. The van der Waals surface area contributed by atoms with E-state index >= 15 is 0 Å². The molecule has 1 N–H and O–H groups in total. The van der Waals surface area contributed by atoms with Gasteiger partial charge in [-0.3, -0.25) is 4.21 Å². The molecule has 0 fully saturated rings. The van der Waals surface area contributed by atoms with E-state index in [1.165, 1.54) is 5.56 Å². The fourth-order valence-electron chi connectivity index (χ4n) is 1.99. The smallest absolute Gasteiger partial charge is 0.0532 e. The van der Waals surface area contributed by atoms with Crippen LogP contribution in [-0.4, -0.2) is 23.1 Å². The Balaban J connectivity index is 2.41. The normalized spacial score (nSPS) is 14.4. The van der Waals surface area contributed by atoms with E-state index in [0.29, 0.717) is 6.04 Å². The Morgan fingerprint density at radius 3 is 2.61 bits per heavy atom. The van der Waals surface area contributed by atoms with Crippen molar-refractivity contribution >= 4 is 10.8 Å². The van der Waals surface area contributed by atoms with E-state index in [0.717, 1.165) is 35.5 Å². The van der Waals surface area contributed by atoms with Gasteiger partial charge in [0.2, 0.25) is 0 Å². The highest BCUT2D eigenvalue weighted by Crippen LogP contribution is 2.16. The van der Waals surface area contributed by atoms with Crippen LogP contribution >= 0.6 is 0 Å². The molecule has 0 aliphatic rings. The SMILES string of the molecule is CNC(C)CCCCS(=O)c1ccc(C)cc1C. The van der Waals surface area contributed by atoms with Gasteiger partial charge in [0.1, 0.15) is 0 Å². The van der Waals surface area contributed by atoms with Crippen molar-refractivity contribution in [2.75, 3.05) is 12.8 Å². The summed E-state index contributed by atoms with van der Waals surface area (Å²) in [5.74, 6) is 0.778. The second kappa shape index (κ2) is 7.70. The average molecular weight is 267 g/mol. The van der Waals surface area contributed by atoms with Gasteiger partial charge in [0.05, 0.1) is 10.8 Å². The second-order valence-corrected chi connectivity index (χ2v) is 6.54. The summed E-state index contributed by atoms with van der Waals surface area (Å²) in [5.41, 5.74) is 2.38. The number of nitrogens with one attached hydrogen (secondary N) is 1. The highest BCUT2D eigenvalue weighted by Gasteiger charge is 2.07. The van der Waals surface area contributed by atoms with E-state index in [-0.39, 0.29) is 0 Å². The predicted octanol–water partition coefficient (Wildman–Crippen LogP) is 3.19. The first-order valence-electron chi connectivity index (χ1n) is 6.67. The second-order valence-electron chi connectivity index (χ2n) is 5.00. The van der Waals surface area contributed by atoms with Gasteiger partial charge in [-0.25, -0.2) is 0 Å². The molecule has 2 unspecified atom stereocenters. The molecule has 2 nitrogen and oxygen atoms in total. The first-order valence-corrected chi connectivity index (χ1v) is 7.99. The Kier molecular flexibility index (Phi) is 6.58. The lowest BCUT2D eigenvalue weighted by Gasteiger charge is -2.10. The van der Waals surface area contributed by atoms with Gasteiger partial charge in [0.15, 0.2) is 0 Å². The van der Waals surface area contributed by atoms with Gasteiger partial charge < -0.3 is 5.32 Å². The van der Waals surface area contributed by atoms with E-state index in [4.69, 9.17) is 0 Å². The summed E-state index contributed by atoms with van der Waals surface area (Å²) >= 11 is 0. The molecule has 0 saturated heterocycles. The number of hydrogen-bond acceptors (Lipinski definition) is 2. The molecule has 0 aliphatic heterocycles. The minimum absolute atomic E-state index is 0.555. The number of unbranched alkanes of at least 4 members (excludes halogenated alkanes) is 1. The van der Waals surface area contributed by atoms with Crippen LogP contribution in [0.1, 0.15) is 37.3 Å². The van der Waals surface area contributed by atoms with Crippen LogP contribution in [0.15, 0.2) is 23.1 Å². The Bertz CT molecular complexity index is 403. The molecule has 0 amide bonds.